The first-order chi connectivity index (χ1) is 12.0. The van der Waals surface area contributed by atoms with Crippen molar-refractivity contribution in [2.75, 3.05) is 18.0 Å². The van der Waals surface area contributed by atoms with E-state index in [0.29, 0.717) is 12.0 Å². The summed E-state index contributed by atoms with van der Waals surface area (Å²) in [7, 11) is 0. The van der Waals surface area contributed by atoms with Crippen LogP contribution in [0.5, 0.6) is 0 Å². The van der Waals surface area contributed by atoms with E-state index in [4.69, 9.17) is 0 Å². The van der Waals surface area contributed by atoms with Crippen LogP contribution in [-0.2, 0) is 6.42 Å². The van der Waals surface area contributed by atoms with Crippen molar-refractivity contribution in [1.29, 1.82) is 0 Å². The molecule has 5 heteroatoms. The van der Waals surface area contributed by atoms with Gasteiger partial charge in [0.2, 0.25) is 0 Å². The first-order valence-corrected chi connectivity index (χ1v) is 8.78. The van der Waals surface area contributed by atoms with Gasteiger partial charge >= 0.3 is 0 Å². The van der Waals surface area contributed by atoms with Gasteiger partial charge in [-0.2, -0.15) is 0 Å². The Hall–Kier alpha value is -2.43. The molecule has 1 saturated heterocycles. The summed E-state index contributed by atoms with van der Waals surface area (Å²) in [5.41, 5.74) is 3.54. The molecule has 0 bridgehead atoms. The maximum atomic E-state index is 14.0. The van der Waals surface area contributed by atoms with Crippen molar-refractivity contribution >= 4 is 11.4 Å². The van der Waals surface area contributed by atoms with Gasteiger partial charge < -0.3 is 4.90 Å². The highest BCUT2D eigenvalue weighted by Gasteiger charge is 2.25. The predicted molar refractivity (Wildman–Crippen MR) is 97.8 cm³/mol. The van der Waals surface area contributed by atoms with Crippen LogP contribution in [0.1, 0.15) is 42.4 Å². The molecular formula is C20H23FN2O2. The summed E-state index contributed by atoms with van der Waals surface area (Å²) in [6.07, 6.45) is 2.41. The Morgan fingerprint density at radius 1 is 1.24 bits per heavy atom. The van der Waals surface area contributed by atoms with Gasteiger partial charge in [-0.25, -0.2) is 4.39 Å². The highest BCUT2D eigenvalue weighted by molar-refractivity contribution is 5.60. The zero-order valence-corrected chi connectivity index (χ0v) is 14.7. The van der Waals surface area contributed by atoms with Gasteiger partial charge in [-0.05, 0) is 55.9 Å². The third-order valence-corrected chi connectivity index (χ3v) is 5.13. The fraction of sp³-hybridized carbons (Fsp3) is 0.400. The predicted octanol–water partition coefficient (Wildman–Crippen LogP) is 4.99. The Balaban J connectivity index is 1.78. The number of nitro groups is 1. The largest absolute Gasteiger partial charge is 0.371 e. The first-order valence-electron chi connectivity index (χ1n) is 8.78. The van der Waals surface area contributed by atoms with Crippen molar-refractivity contribution < 1.29 is 9.31 Å². The van der Waals surface area contributed by atoms with Crippen molar-refractivity contribution in [3.8, 4) is 0 Å². The highest BCUT2D eigenvalue weighted by atomic mass is 19.1. The van der Waals surface area contributed by atoms with Crippen LogP contribution in [0, 0.1) is 22.9 Å². The molecule has 0 aromatic heterocycles. The molecule has 3 rings (SSSR count). The summed E-state index contributed by atoms with van der Waals surface area (Å²) in [5, 5.41) is 11.3. The number of rotatable bonds is 4. The van der Waals surface area contributed by atoms with Crippen molar-refractivity contribution in [3.05, 3.63) is 69.0 Å². The molecule has 1 aliphatic heterocycles. The molecule has 1 aliphatic rings. The molecule has 1 heterocycles. The number of anilines is 1. The summed E-state index contributed by atoms with van der Waals surface area (Å²) in [6, 6.07) is 10.9. The Bertz CT molecular complexity index is 783. The van der Waals surface area contributed by atoms with E-state index in [1.807, 2.05) is 31.2 Å². The molecule has 4 nitrogen and oxygen atoms in total. The molecule has 2 aromatic rings. The molecule has 0 aliphatic carbocycles. The molecule has 132 valence electrons. The number of halogens is 1. The van der Waals surface area contributed by atoms with E-state index < -0.39 is 0 Å². The number of piperidine rings is 1. The van der Waals surface area contributed by atoms with Gasteiger partial charge in [0.05, 0.1) is 4.92 Å². The van der Waals surface area contributed by atoms with E-state index >= 15 is 0 Å². The lowest BCUT2D eigenvalue weighted by Crippen LogP contribution is -2.33. The monoisotopic (exact) mass is 342 g/mol. The molecule has 2 aromatic carbocycles. The smallest absolute Gasteiger partial charge is 0.275 e. The van der Waals surface area contributed by atoms with Gasteiger partial charge in [0, 0.05) is 29.9 Å². The standard InChI is InChI=1S/C20H23FN2O2/c1-3-15-13-17(12-14(2)20(15)23(24)25)22-10-8-16(9-11-22)18-6-4-5-7-19(18)21/h4-7,12-13,16H,3,8-11H2,1-2H3. The van der Waals surface area contributed by atoms with Crippen LogP contribution in [-0.4, -0.2) is 18.0 Å². The molecule has 0 radical (unpaired) electrons. The van der Waals surface area contributed by atoms with Gasteiger partial charge in [-0.1, -0.05) is 25.1 Å². The Morgan fingerprint density at radius 2 is 1.92 bits per heavy atom. The Kier molecular flexibility index (Phi) is 5.02. The van der Waals surface area contributed by atoms with E-state index in [0.717, 1.165) is 42.7 Å². The number of nitrogens with zero attached hydrogens (tertiary/aromatic N) is 2. The van der Waals surface area contributed by atoms with Crippen molar-refractivity contribution in [1.82, 2.24) is 0 Å². The highest BCUT2D eigenvalue weighted by Crippen LogP contribution is 2.34. The van der Waals surface area contributed by atoms with Crippen molar-refractivity contribution in [2.45, 2.75) is 39.0 Å². The molecule has 0 saturated carbocycles. The fourth-order valence-electron chi connectivity index (χ4n) is 3.80. The second-order valence-electron chi connectivity index (χ2n) is 6.66. The molecule has 25 heavy (non-hydrogen) atoms. The summed E-state index contributed by atoms with van der Waals surface area (Å²) in [4.78, 5) is 13.2. The van der Waals surface area contributed by atoms with Gasteiger partial charge in [0.15, 0.2) is 0 Å². The lowest BCUT2D eigenvalue weighted by atomic mass is 9.88. The third kappa shape index (κ3) is 3.50. The minimum Gasteiger partial charge on any atom is -0.371 e. The van der Waals surface area contributed by atoms with E-state index in [2.05, 4.69) is 4.90 Å². The number of aryl methyl sites for hydroxylation is 2. The maximum absolute atomic E-state index is 14.0. The SMILES string of the molecule is CCc1cc(N2CCC(c3ccccc3F)CC2)cc(C)c1[N+](=O)[O-]. The summed E-state index contributed by atoms with van der Waals surface area (Å²) in [6.45, 7) is 5.40. The van der Waals surface area contributed by atoms with Crippen LogP contribution in [0.2, 0.25) is 0 Å². The van der Waals surface area contributed by atoms with Crippen LogP contribution in [0.4, 0.5) is 15.8 Å². The van der Waals surface area contributed by atoms with Crippen molar-refractivity contribution in [2.24, 2.45) is 0 Å². The minimum absolute atomic E-state index is 0.125. The minimum atomic E-state index is -0.289. The summed E-state index contributed by atoms with van der Waals surface area (Å²) < 4.78 is 14.0. The van der Waals surface area contributed by atoms with Gasteiger partial charge in [0.25, 0.3) is 5.69 Å². The maximum Gasteiger partial charge on any atom is 0.275 e. The average Bonchev–Trinajstić information content (AvgIpc) is 2.61. The van der Waals surface area contributed by atoms with Crippen molar-refractivity contribution in [3.63, 3.8) is 0 Å². The second kappa shape index (κ2) is 7.21. The van der Waals surface area contributed by atoms with E-state index in [1.54, 1.807) is 13.0 Å². The molecule has 0 spiro atoms. The number of benzene rings is 2. The normalized spacial score (nSPS) is 15.4. The zero-order valence-electron chi connectivity index (χ0n) is 14.7. The first kappa shape index (κ1) is 17.4. The van der Waals surface area contributed by atoms with E-state index in [9.17, 15) is 14.5 Å². The van der Waals surface area contributed by atoms with E-state index in [1.165, 1.54) is 6.07 Å². The quantitative estimate of drug-likeness (QED) is 0.581. The molecule has 0 N–H and O–H groups in total. The second-order valence-corrected chi connectivity index (χ2v) is 6.66. The van der Waals surface area contributed by atoms with Crippen LogP contribution < -0.4 is 4.90 Å². The summed E-state index contributed by atoms with van der Waals surface area (Å²) in [5.74, 6) is 0.114. The lowest BCUT2D eigenvalue weighted by Gasteiger charge is -2.34. The molecule has 0 amide bonds. The average molecular weight is 342 g/mol. The fourth-order valence-corrected chi connectivity index (χ4v) is 3.80. The van der Waals surface area contributed by atoms with Crippen LogP contribution in [0.15, 0.2) is 36.4 Å². The molecule has 0 unspecified atom stereocenters. The molecule has 0 atom stereocenters. The lowest BCUT2D eigenvalue weighted by molar-refractivity contribution is -0.386. The van der Waals surface area contributed by atoms with E-state index in [-0.39, 0.29) is 22.3 Å². The van der Waals surface area contributed by atoms with Gasteiger partial charge in [-0.3, -0.25) is 10.1 Å². The Labute approximate surface area is 147 Å². The zero-order chi connectivity index (χ0) is 18.0. The topological polar surface area (TPSA) is 46.4 Å². The molecule has 1 fully saturated rings. The van der Waals surface area contributed by atoms with Crippen LogP contribution >= 0.6 is 0 Å². The Morgan fingerprint density at radius 3 is 2.52 bits per heavy atom. The molecular weight excluding hydrogens is 319 g/mol. The summed E-state index contributed by atoms with van der Waals surface area (Å²) >= 11 is 0. The number of hydrogen-bond donors (Lipinski definition) is 0. The van der Waals surface area contributed by atoms with Crippen LogP contribution in [0.3, 0.4) is 0 Å². The van der Waals surface area contributed by atoms with Gasteiger partial charge in [-0.15, -0.1) is 0 Å². The van der Waals surface area contributed by atoms with Crippen LogP contribution in [0.25, 0.3) is 0 Å². The number of nitro benzene ring substituents is 1. The third-order valence-electron chi connectivity index (χ3n) is 5.13. The van der Waals surface area contributed by atoms with Gasteiger partial charge in [0.1, 0.15) is 5.82 Å². The number of hydrogen-bond acceptors (Lipinski definition) is 3.